The molecule has 1 N–H and O–H groups in total. The van der Waals surface area contributed by atoms with E-state index >= 15 is 0 Å². The van der Waals surface area contributed by atoms with Gasteiger partial charge in [0.1, 0.15) is 5.82 Å². The van der Waals surface area contributed by atoms with Crippen LogP contribution in [-0.4, -0.2) is 33.7 Å². The largest absolute Gasteiger partial charge is 0.493 e. The number of hydrogen-bond acceptors (Lipinski definition) is 5. The number of Topliss-reactive ketones (excluding diaryl/α,β-unsaturated/α-hetero) is 1. The maximum absolute atomic E-state index is 13.1. The van der Waals surface area contributed by atoms with Gasteiger partial charge in [0.2, 0.25) is 5.75 Å². The summed E-state index contributed by atoms with van der Waals surface area (Å²) in [5.41, 5.74) is 1.09. The minimum absolute atomic E-state index is 0.0287. The summed E-state index contributed by atoms with van der Waals surface area (Å²) >= 11 is 5.72. The zero-order chi connectivity index (χ0) is 18.4. The van der Waals surface area contributed by atoms with Crippen LogP contribution < -0.4 is 19.5 Å². The Bertz CT molecular complexity index is 742. The lowest BCUT2D eigenvalue weighted by molar-refractivity contribution is 0.0985. The van der Waals surface area contributed by atoms with E-state index in [9.17, 15) is 9.18 Å². The Morgan fingerprint density at radius 3 is 2.24 bits per heavy atom. The fourth-order valence-corrected chi connectivity index (χ4v) is 2.49. The summed E-state index contributed by atoms with van der Waals surface area (Å²) in [6, 6.07) is 7.52. The van der Waals surface area contributed by atoms with E-state index in [-0.39, 0.29) is 17.2 Å². The summed E-state index contributed by atoms with van der Waals surface area (Å²) < 4.78 is 28.9. The second kappa shape index (κ2) is 8.58. The molecule has 0 amide bonds. The van der Waals surface area contributed by atoms with Gasteiger partial charge in [-0.15, -0.1) is 0 Å². The Hall–Kier alpha value is -2.47. The van der Waals surface area contributed by atoms with Gasteiger partial charge >= 0.3 is 0 Å². The van der Waals surface area contributed by atoms with E-state index < -0.39 is 5.82 Å². The number of ether oxygens (including phenoxy) is 3. The first-order chi connectivity index (χ1) is 12.0. The van der Waals surface area contributed by atoms with Gasteiger partial charge in [-0.05, 0) is 30.3 Å². The van der Waals surface area contributed by atoms with E-state index in [2.05, 4.69) is 5.32 Å². The Morgan fingerprint density at radius 1 is 1.08 bits per heavy atom. The molecule has 2 rings (SSSR count). The normalized spacial score (nSPS) is 10.3. The summed E-state index contributed by atoms with van der Waals surface area (Å²) in [4.78, 5) is 12.4. The average Bonchev–Trinajstić information content (AvgIpc) is 2.63. The van der Waals surface area contributed by atoms with Crippen molar-refractivity contribution in [2.24, 2.45) is 0 Å². The van der Waals surface area contributed by atoms with Crippen LogP contribution in [0.3, 0.4) is 0 Å². The smallest absolute Gasteiger partial charge is 0.203 e. The highest BCUT2D eigenvalue weighted by atomic mass is 35.5. The molecule has 2 aromatic rings. The topological polar surface area (TPSA) is 56.8 Å². The third-order valence-electron chi connectivity index (χ3n) is 3.59. The molecule has 7 heteroatoms. The minimum atomic E-state index is -0.485. The van der Waals surface area contributed by atoms with Gasteiger partial charge in [-0.1, -0.05) is 11.6 Å². The first-order valence-electron chi connectivity index (χ1n) is 7.52. The number of carbonyl (C=O) groups excluding carboxylic acids is 1. The zero-order valence-electron chi connectivity index (χ0n) is 14.2. The van der Waals surface area contributed by atoms with Crippen LogP contribution in [0.5, 0.6) is 17.2 Å². The molecule has 134 valence electrons. The van der Waals surface area contributed by atoms with Crippen LogP contribution in [0.1, 0.15) is 16.8 Å². The molecule has 0 aromatic heterocycles. The predicted molar refractivity (Wildman–Crippen MR) is 94.9 cm³/mol. The van der Waals surface area contributed by atoms with Gasteiger partial charge in [0, 0.05) is 24.2 Å². The van der Waals surface area contributed by atoms with Gasteiger partial charge in [-0.25, -0.2) is 4.39 Å². The number of nitrogens with one attached hydrogen (secondary N) is 1. The fourth-order valence-electron chi connectivity index (χ4n) is 2.31. The summed E-state index contributed by atoms with van der Waals surface area (Å²) in [7, 11) is 4.48. The van der Waals surface area contributed by atoms with E-state index in [1.165, 1.54) is 33.5 Å². The van der Waals surface area contributed by atoms with Crippen LogP contribution >= 0.6 is 11.6 Å². The van der Waals surface area contributed by atoms with E-state index in [0.717, 1.165) is 0 Å². The van der Waals surface area contributed by atoms with Crippen LogP contribution in [-0.2, 0) is 0 Å². The summed E-state index contributed by atoms with van der Waals surface area (Å²) in [6.07, 6.45) is 0.230. The molecule has 0 fully saturated rings. The van der Waals surface area contributed by atoms with E-state index in [1.54, 1.807) is 18.2 Å². The second-order valence-electron chi connectivity index (χ2n) is 5.14. The molecule has 0 unspecified atom stereocenters. The molecule has 5 nitrogen and oxygen atoms in total. The number of anilines is 1. The van der Waals surface area contributed by atoms with Crippen LogP contribution in [0.2, 0.25) is 5.02 Å². The number of rotatable bonds is 8. The lowest BCUT2D eigenvalue weighted by atomic mass is 10.1. The van der Waals surface area contributed by atoms with Crippen molar-refractivity contribution < 1.29 is 23.4 Å². The molecule has 0 saturated carbocycles. The van der Waals surface area contributed by atoms with Gasteiger partial charge in [-0.2, -0.15) is 0 Å². The molecule has 2 aromatic carbocycles. The summed E-state index contributed by atoms with van der Waals surface area (Å²) in [5, 5.41) is 3.06. The highest BCUT2D eigenvalue weighted by Crippen LogP contribution is 2.38. The van der Waals surface area contributed by atoms with Crippen molar-refractivity contribution in [3.8, 4) is 17.2 Å². The van der Waals surface area contributed by atoms with Crippen molar-refractivity contribution in [1.29, 1.82) is 0 Å². The molecule has 0 saturated heterocycles. The fraction of sp³-hybridized carbons (Fsp3) is 0.278. The maximum Gasteiger partial charge on any atom is 0.203 e. The molecule has 0 bridgehead atoms. The molecule has 0 heterocycles. The Morgan fingerprint density at radius 2 is 1.72 bits per heavy atom. The Labute approximate surface area is 150 Å². The number of halogens is 2. The number of hydrogen-bond donors (Lipinski definition) is 1. The molecule has 0 aliphatic rings. The Balaban J connectivity index is 2.06. The Kier molecular flexibility index (Phi) is 6.47. The molecule has 0 radical (unpaired) electrons. The van der Waals surface area contributed by atoms with Gasteiger partial charge in [0.05, 0.1) is 26.4 Å². The molecule has 0 spiro atoms. The van der Waals surface area contributed by atoms with Crippen LogP contribution in [0.4, 0.5) is 10.1 Å². The quantitative estimate of drug-likeness (QED) is 0.709. The molecule has 0 atom stereocenters. The second-order valence-corrected chi connectivity index (χ2v) is 5.55. The lowest BCUT2D eigenvalue weighted by Crippen LogP contribution is -2.09. The SMILES string of the molecule is COc1cc(C(=O)CCNc2ccc(F)c(Cl)c2)cc(OC)c1OC. The van der Waals surface area contributed by atoms with E-state index in [0.29, 0.717) is 35.0 Å². The monoisotopic (exact) mass is 367 g/mol. The van der Waals surface area contributed by atoms with Gasteiger partial charge in [0.25, 0.3) is 0 Å². The molecule has 0 aliphatic carbocycles. The van der Waals surface area contributed by atoms with E-state index in [4.69, 9.17) is 25.8 Å². The highest BCUT2D eigenvalue weighted by molar-refractivity contribution is 6.31. The molecular formula is C18H19ClFNO4. The zero-order valence-corrected chi connectivity index (χ0v) is 14.9. The van der Waals surface area contributed by atoms with Crippen molar-refractivity contribution in [3.63, 3.8) is 0 Å². The van der Waals surface area contributed by atoms with Crippen molar-refractivity contribution >= 4 is 23.1 Å². The van der Waals surface area contributed by atoms with Crippen molar-refractivity contribution in [3.05, 3.63) is 46.7 Å². The lowest BCUT2D eigenvalue weighted by Gasteiger charge is -2.14. The third kappa shape index (κ3) is 4.54. The van der Waals surface area contributed by atoms with Crippen LogP contribution in [0.15, 0.2) is 30.3 Å². The van der Waals surface area contributed by atoms with Crippen molar-refractivity contribution in [2.75, 3.05) is 33.2 Å². The first kappa shape index (κ1) is 18.9. The maximum atomic E-state index is 13.1. The van der Waals surface area contributed by atoms with Crippen LogP contribution in [0.25, 0.3) is 0 Å². The van der Waals surface area contributed by atoms with Crippen molar-refractivity contribution in [2.45, 2.75) is 6.42 Å². The van der Waals surface area contributed by atoms with E-state index in [1.807, 2.05) is 0 Å². The third-order valence-corrected chi connectivity index (χ3v) is 3.88. The first-order valence-corrected chi connectivity index (χ1v) is 7.90. The average molecular weight is 368 g/mol. The number of ketones is 1. The molecular weight excluding hydrogens is 349 g/mol. The highest BCUT2D eigenvalue weighted by Gasteiger charge is 2.16. The number of carbonyl (C=O) groups is 1. The minimum Gasteiger partial charge on any atom is -0.493 e. The van der Waals surface area contributed by atoms with Gasteiger partial charge in [-0.3, -0.25) is 4.79 Å². The summed E-state index contributed by atoms with van der Waals surface area (Å²) in [5.74, 6) is 0.688. The van der Waals surface area contributed by atoms with Gasteiger partial charge < -0.3 is 19.5 Å². The summed E-state index contributed by atoms with van der Waals surface area (Å²) in [6.45, 7) is 0.372. The number of methoxy groups -OCH3 is 3. The number of benzene rings is 2. The van der Waals surface area contributed by atoms with Gasteiger partial charge in [0.15, 0.2) is 17.3 Å². The van der Waals surface area contributed by atoms with Crippen LogP contribution in [0, 0.1) is 5.82 Å². The molecule has 0 aliphatic heterocycles. The van der Waals surface area contributed by atoms with Crippen molar-refractivity contribution in [1.82, 2.24) is 0 Å². The predicted octanol–water partition coefficient (Wildman–Crippen LogP) is 4.19. The standard InChI is InChI=1S/C18H19ClFNO4/c1-23-16-8-11(9-17(24-2)18(16)25-3)15(22)6-7-21-12-4-5-14(20)13(19)10-12/h4-5,8-10,21H,6-7H2,1-3H3. The molecule has 25 heavy (non-hydrogen) atoms.